The van der Waals surface area contributed by atoms with Crippen molar-refractivity contribution in [2.24, 2.45) is 5.41 Å². The molecule has 188 valence electrons. The number of ether oxygens (including phenoxy) is 2. The summed E-state index contributed by atoms with van der Waals surface area (Å²) in [5, 5.41) is 1.21. The monoisotopic (exact) mass is 527 g/mol. The minimum absolute atomic E-state index is 0.00860. The third-order valence-corrected chi connectivity index (χ3v) is 7.39. The molecule has 0 spiro atoms. The fourth-order valence-corrected chi connectivity index (χ4v) is 5.66. The normalized spacial score (nSPS) is 17.8. The van der Waals surface area contributed by atoms with Gasteiger partial charge in [0.15, 0.2) is 0 Å². The molecule has 1 saturated heterocycles. The van der Waals surface area contributed by atoms with Crippen molar-refractivity contribution in [2.75, 3.05) is 26.8 Å². The molecule has 2 fully saturated rings. The standard InChI is InChI=1S/C29H28Cl2FNO3/c1-29(17-36-26-14-25(32)24(28(34)35-2)13-23(26)18-8-9-18)15-33(16-29)27(19-6-4-3-5-7-19)20-10-21(30)12-22(31)11-20/h3-7,10-14,18,27H,8-9,15-17H2,1-2H3. The van der Waals surface area contributed by atoms with Gasteiger partial charge in [0.05, 0.1) is 25.3 Å². The van der Waals surface area contributed by atoms with E-state index in [4.69, 9.17) is 32.7 Å². The summed E-state index contributed by atoms with van der Waals surface area (Å²) in [4.78, 5) is 14.3. The van der Waals surface area contributed by atoms with Crippen LogP contribution < -0.4 is 4.74 Å². The first-order chi connectivity index (χ1) is 17.3. The summed E-state index contributed by atoms with van der Waals surface area (Å²) in [5.41, 5.74) is 2.92. The van der Waals surface area contributed by atoms with E-state index in [-0.39, 0.29) is 17.0 Å². The van der Waals surface area contributed by atoms with Crippen LogP contribution in [0.1, 0.15) is 58.8 Å². The van der Waals surface area contributed by atoms with Crippen LogP contribution in [0.2, 0.25) is 10.0 Å². The van der Waals surface area contributed by atoms with Crippen LogP contribution in [0, 0.1) is 11.2 Å². The van der Waals surface area contributed by atoms with Gasteiger partial charge in [-0.05, 0) is 59.7 Å². The fourth-order valence-electron chi connectivity index (χ4n) is 5.12. The van der Waals surface area contributed by atoms with Crippen molar-refractivity contribution >= 4 is 29.2 Å². The van der Waals surface area contributed by atoms with Crippen molar-refractivity contribution in [3.05, 3.63) is 98.8 Å². The first-order valence-corrected chi connectivity index (χ1v) is 12.8. The average Bonchev–Trinajstić information content (AvgIpc) is 3.67. The Kier molecular flexibility index (Phi) is 6.99. The predicted molar refractivity (Wildman–Crippen MR) is 140 cm³/mol. The van der Waals surface area contributed by atoms with Crippen LogP contribution >= 0.6 is 23.2 Å². The van der Waals surface area contributed by atoms with E-state index >= 15 is 0 Å². The maximum absolute atomic E-state index is 14.7. The number of esters is 1. The molecule has 0 bridgehead atoms. The number of carbonyl (C=O) groups excluding carboxylic acids is 1. The lowest BCUT2D eigenvalue weighted by Crippen LogP contribution is -2.58. The quantitative estimate of drug-likeness (QED) is 0.288. The van der Waals surface area contributed by atoms with Gasteiger partial charge in [-0.25, -0.2) is 9.18 Å². The van der Waals surface area contributed by atoms with Crippen LogP contribution in [0.4, 0.5) is 4.39 Å². The van der Waals surface area contributed by atoms with Crippen molar-refractivity contribution in [3.63, 3.8) is 0 Å². The molecule has 5 rings (SSSR count). The molecule has 1 heterocycles. The van der Waals surface area contributed by atoms with Gasteiger partial charge in [-0.3, -0.25) is 4.90 Å². The molecule has 0 radical (unpaired) electrons. The molecule has 0 amide bonds. The summed E-state index contributed by atoms with van der Waals surface area (Å²) in [6.45, 7) is 4.20. The Morgan fingerprint density at radius 3 is 2.33 bits per heavy atom. The molecule has 1 atom stereocenters. The second kappa shape index (κ2) is 10.0. The second-order valence-corrected chi connectivity index (χ2v) is 11.0. The van der Waals surface area contributed by atoms with Crippen LogP contribution in [0.5, 0.6) is 5.75 Å². The topological polar surface area (TPSA) is 38.8 Å². The zero-order valence-electron chi connectivity index (χ0n) is 20.3. The number of carbonyl (C=O) groups is 1. The Hall–Kier alpha value is -2.60. The molecule has 3 aromatic carbocycles. The molecular formula is C29H28Cl2FNO3. The Labute approximate surface area is 220 Å². The lowest BCUT2D eigenvalue weighted by Gasteiger charge is -2.51. The largest absolute Gasteiger partial charge is 0.493 e. The highest BCUT2D eigenvalue weighted by Gasteiger charge is 2.44. The average molecular weight is 528 g/mol. The van der Waals surface area contributed by atoms with Crippen LogP contribution in [0.25, 0.3) is 0 Å². The molecule has 1 saturated carbocycles. The Morgan fingerprint density at radius 1 is 1.06 bits per heavy atom. The molecule has 1 unspecified atom stereocenters. The highest BCUT2D eigenvalue weighted by atomic mass is 35.5. The van der Waals surface area contributed by atoms with Gasteiger partial charge in [0, 0.05) is 34.6 Å². The third kappa shape index (κ3) is 5.24. The molecule has 0 aromatic heterocycles. The minimum Gasteiger partial charge on any atom is -0.493 e. The SMILES string of the molecule is COC(=O)c1cc(C2CC2)c(OCC2(C)CN(C(c3ccccc3)c3cc(Cl)cc(Cl)c3)C2)cc1F. The van der Waals surface area contributed by atoms with E-state index in [0.29, 0.717) is 28.3 Å². The Balaban J connectivity index is 1.33. The Morgan fingerprint density at radius 2 is 1.72 bits per heavy atom. The number of benzene rings is 3. The number of likely N-dealkylation sites (tertiary alicyclic amines) is 1. The van der Waals surface area contributed by atoms with Crippen molar-refractivity contribution < 1.29 is 18.7 Å². The van der Waals surface area contributed by atoms with Crippen LogP contribution in [0.15, 0.2) is 60.7 Å². The lowest BCUT2D eigenvalue weighted by molar-refractivity contribution is -0.0379. The summed E-state index contributed by atoms with van der Waals surface area (Å²) in [5.74, 6) is -0.479. The number of nitrogens with zero attached hydrogens (tertiary/aromatic N) is 1. The van der Waals surface area contributed by atoms with E-state index in [0.717, 1.165) is 42.6 Å². The number of halogens is 3. The van der Waals surface area contributed by atoms with Crippen molar-refractivity contribution in [2.45, 2.75) is 31.7 Å². The molecule has 2 aliphatic rings. The van der Waals surface area contributed by atoms with E-state index in [1.165, 1.54) is 13.2 Å². The van der Waals surface area contributed by atoms with E-state index < -0.39 is 11.8 Å². The summed E-state index contributed by atoms with van der Waals surface area (Å²) < 4.78 is 25.6. The summed E-state index contributed by atoms with van der Waals surface area (Å²) >= 11 is 12.7. The van der Waals surface area contributed by atoms with Crippen LogP contribution in [-0.4, -0.2) is 37.7 Å². The number of hydrogen-bond donors (Lipinski definition) is 0. The lowest BCUT2D eigenvalue weighted by atomic mass is 9.79. The highest BCUT2D eigenvalue weighted by Crippen LogP contribution is 2.46. The van der Waals surface area contributed by atoms with E-state index in [9.17, 15) is 9.18 Å². The highest BCUT2D eigenvalue weighted by molar-refractivity contribution is 6.34. The predicted octanol–water partition coefficient (Wildman–Crippen LogP) is 7.29. The van der Waals surface area contributed by atoms with E-state index in [2.05, 4.69) is 24.0 Å². The first kappa shape index (κ1) is 25.1. The smallest absolute Gasteiger partial charge is 0.340 e. The molecule has 36 heavy (non-hydrogen) atoms. The van der Waals surface area contributed by atoms with Gasteiger partial charge in [-0.15, -0.1) is 0 Å². The molecule has 4 nitrogen and oxygen atoms in total. The van der Waals surface area contributed by atoms with Gasteiger partial charge in [0.25, 0.3) is 0 Å². The maximum atomic E-state index is 14.7. The number of rotatable bonds is 8. The Bertz CT molecular complexity index is 1250. The van der Waals surface area contributed by atoms with Gasteiger partial charge in [0.1, 0.15) is 11.6 Å². The molecule has 1 aliphatic carbocycles. The summed E-state index contributed by atoms with van der Waals surface area (Å²) in [6, 6.07) is 18.9. The second-order valence-electron chi connectivity index (χ2n) is 10.2. The summed E-state index contributed by atoms with van der Waals surface area (Å²) in [7, 11) is 1.26. The van der Waals surface area contributed by atoms with E-state index in [1.807, 2.05) is 30.3 Å². The van der Waals surface area contributed by atoms with Crippen molar-refractivity contribution in [1.29, 1.82) is 0 Å². The fraction of sp³-hybridized carbons (Fsp3) is 0.345. The van der Waals surface area contributed by atoms with Gasteiger partial charge in [-0.2, -0.15) is 0 Å². The maximum Gasteiger partial charge on any atom is 0.340 e. The van der Waals surface area contributed by atoms with Crippen LogP contribution in [0.3, 0.4) is 0 Å². The van der Waals surface area contributed by atoms with Crippen LogP contribution in [-0.2, 0) is 4.74 Å². The van der Waals surface area contributed by atoms with Gasteiger partial charge < -0.3 is 9.47 Å². The molecule has 3 aromatic rings. The molecule has 1 aliphatic heterocycles. The van der Waals surface area contributed by atoms with Crippen molar-refractivity contribution in [1.82, 2.24) is 4.90 Å². The van der Waals surface area contributed by atoms with Gasteiger partial charge >= 0.3 is 5.97 Å². The van der Waals surface area contributed by atoms with Crippen molar-refractivity contribution in [3.8, 4) is 5.75 Å². The minimum atomic E-state index is -0.671. The number of hydrogen-bond acceptors (Lipinski definition) is 4. The van der Waals surface area contributed by atoms with Gasteiger partial charge in [-0.1, -0.05) is 60.5 Å². The first-order valence-electron chi connectivity index (χ1n) is 12.1. The molecular weight excluding hydrogens is 500 g/mol. The molecule has 7 heteroatoms. The number of methoxy groups -OCH3 is 1. The van der Waals surface area contributed by atoms with E-state index in [1.54, 1.807) is 12.1 Å². The zero-order valence-corrected chi connectivity index (χ0v) is 21.8. The molecule has 0 N–H and O–H groups in total. The zero-order chi connectivity index (χ0) is 25.4. The third-order valence-electron chi connectivity index (χ3n) is 6.95. The van der Waals surface area contributed by atoms with Gasteiger partial charge in [0.2, 0.25) is 0 Å². The summed E-state index contributed by atoms with van der Waals surface area (Å²) in [6.07, 6.45) is 2.02.